The van der Waals surface area contributed by atoms with Crippen LogP contribution in [0.4, 0.5) is 10.5 Å². The zero-order chi connectivity index (χ0) is 27.1. The predicted octanol–water partition coefficient (Wildman–Crippen LogP) is 5.84. The van der Waals surface area contributed by atoms with Crippen molar-refractivity contribution in [3.63, 3.8) is 0 Å². The van der Waals surface area contributed by atoms with Gasteiger partial charge in [-0.3, -0.25) is 4.79 Å². The summed E-state index contributed by atoms with van der Waals surface area (Å²) in [6.45, 7) is 6.32. The highest BCUT2D eigenvalue weighted by Gasteiger charge is 2.36. The summed E-state index contributed by atoms with van der Waals surface area (Å²) in [5.74, 6) is -0.137. The number of benzene rings is 3. The fraction of sp³-hybridized carbons (Fsp3) is 0.310. The third kappa shape index (κ3) is 8.23. The third-order valence-corrected chi connectivity index (χ3v) is 5.79. The molecule has 0 radical (unpaired) electrons. The number of anilines is 1. The number of rotatable bonds is 9. The van der Waals surface area contributed by atoms with E-state index in [1.54, 1.807) is 39.0 Å². The summed E-state index contributed by atoms with van der Waals surface area (Å²) in [5.41, 5.74) is 1.52. The van der Waals surface area contributed by atoms with Gasteiger partial charge in [-0.2, -0.15) is 0 Å². The van der Waals surface area contributed by atoms with Gasteiger partial charge < -0.3 is 25.2 Å². The molecule has 0 aliphatic heterocycles. The minimum absolute atomic E-state index is 0.322. The predicted molar refractivity (Wildman–Crippen MR) is 146 cm³/mol. The minimum atomic E-state index is -1.60. The number of carbonyl (C=O) groups excluding carboxylic acids is 2. The lowest BCUT2D eigenvalue weighted by Gasteiger charge is -2.29. The molecule has 0 aliphatic rings. The number of amides is 2. The van der Waals surface area contributed by atoms with E-state index in [2.05, 4.69) is 47.0 Å². The summed E-state index contributed by atoms with van der Waals surface area (Å²) in [4.78, 5) is 24.9. The van der Waals surface area contributed by atoms with Crippen LogP contribution in [0.5, 0.6) is 5.75 Å². The van der Waals surface area contributed by atoms with Crippen LogP contribution < -0.4 is 15.4 Å². The van der Waals surface area contributed by atoms with E-state index < -0.39 is 29.7 Å². The van der Waals surface area contributed by atoms with Gasteiger partial charge in [0.05, 0.1) is 18.2 Å². The van der Waals surface area contributed by atoms with Gasteiger partial charge in [0, 0.05) is 12.1 Å². The second-order valence-electron chi connectivity index (χ2n) is 9.88. The zero-order valence-electron chi connectivity index (χ0n) is 21.5. The smallest absolute Gasteiger partial charge is 0.408 e. The fourth-order valence-corrected chi connectivity index (χ4v) is 3.67. The Bertz CT molecular complexity index is 1210. The number of hydrogen-bond donors (Lipinski definition) is 3. The molecule has 1 unspecified atom stereocenters. The molecule has 0 fully saturated rings. The Kier molecular flexibility index (Phi) is 9.18. The van der Waals surface area contributed by atoms with Gasteiger partial charge in [0.15, 0.2) is 0 Å². The summed E-state index contributed by atoms with van der Waals surface area (Å²) in [6.07, 6.45) is -0.106. The van der Waals surface area contributed by atoms with Crippen LogP contribution >= 0.6 is 11.6 Å². The molecule has 0 aromatic heterocycles. The van der Waals surface area contributed by atoms with E-state index in [0.717, 1.165) is 11.1 Å². The summed E-state index contributed by atoms with van der Waals surface area (Å²) in [5, 5.41) is 15.2. The summed E-state index contributed by atoms with van der Waals surface area (Å²) >= 11 is 6.37. The van der Waals surface area contributed by atoms with Gasteiger partial charge in [0.2, 0.25) is 0 Å². The summed E-state index contributed by atoms with van der Waals surface area (Å²) < 4.78 is 11.0. The van der Waals surface area contributed by atoms with E-state index in [9.17, 15) is 14.7 Å². The first-order valence-electron chi connectivity index (χ1n) is 12.0. The van der Waals surface area contributed by atoms with Crippen molar-refractivity contribution in [2.75, 3.05) is 18.5 Å². The minimum Gasteiger partial charge on any atom is -0.492 e. The van der Waals surface area contributed by atoms with Crippen molar-refractivity contribution in [1.29, 1.82) is 0 Å². The van der Waals surface area contributed by atoms with Gasteiger partial charge in [0.1, 0.15) is 16.9 Å². The number of aliphatic hydroxyl groups excluding tert-OH is 1. The molecule has 0 saturated carbocycles. The standard InChI is InChI=1S/C29H33ClN2O5/c1-28(2,3)37-27(35)32-29(4,19-33)26(34)31-23-14-15-25(24(30)18-23)36-17-16-20-10-12-22(13-11-20)21-8-6-5-7-9-21/h5-15,18,33H,16-17,19H2,1-4H3,(H,31,34)(H,32,35). The molecule has 0 saturated heterocycles. The second kappa shape index (κ2) is 12.1. The highest BCUT2D eigenvalue weighted by atomic mass is 35.5. The van der Waals surface area contributed by atoms with Crippen LogP contribution in [0.3, 0.4) is 0 Å². The van der Waals surface area contributed by atoms with Crippen LogP contribution in [0.25, 0.3) is 11.1 Å². The Morgan fingerprint density at radius 2 is 1.57 bits per heavy atom. The molecule has 0 heterocycles. The lowest BCUT2D eigenvalue weighted by Crippen LogP contribution is -2.58. The van der Waals surface area contributed by atoms with Crippen LogP contribution in [-0.2, 0) is 16.0 Å². The average Bonchev–Trinajstić information content (AvgIpc) is 2.85. The Hall–Kier alpha value is -3.55. The normalized spacial score (nSPS) is 12.8. The van der Waals surface area contributed by atoms with Gasteiger partial charge in [-0.15, -0.1) is 0 Å². The molecule has 8 heteroatoms. The van der Waals surface area contributed by atoms with Crippen molar-refractivity contribution in [2.45, 2.75) is 45.3 Å². The number of carbonyl (C=O) groups is 2. The number of hydrogen-bond acceptors (Lipinski definition) is 5. The molecule has 1 atom stereocenters. The molecular weight excluding hydrogens is 492 g/mol. The van der Waals surface area contributed by atoms with Gasteiger partial charge >= 0.3 is 6.09 Å². The summed E-state index contributed by atoms with van der Waals surface area (Å²) in [6, 6.07) is 23.4. The topological polar surface area (TPSA) is 96.9 Å². The van der Waals surface area contributed by atoms with Crippen LogP contribution in [-0.4, -0.2) is 41.5 Å². The maximum Gasteiger partial charge on any atom is 0.408 e. The number of alkyl carbamates (subject to hydrolysis) is 1. The van der Waals surface area contributed by atoms with Crippen LogP contribution in [0.15, 0.2) is 72.8 Å². The van der Waals surface area contributed by atoms with Crippen LogP contribution in [0.1, 0.15) is 33.3 Å². The lowest BCUT2D eigenvalue weighted by atomic mass is 10.0. The van der Waals surface area contributed by atoms with Crippen molar-refractivity contribution in [3.05, 3.63) is 83.4 Å². The molecule has 196 valence electrons. The zero-order valence-corrected chi connectivity index (χ0v) is 22.3. The Morgan fingerprint density at radius 3 is 2.16 bits per heavy atom. The van der Waals surface area contributed by atoms with E-state index in [-0.39, 0.29) is 0 Å². The van der Waals surface area contributed by atoms with Gasteiger partial charge in [0.25, 0.3) is 5.91 Å². The Labute approximate surface area is 222 Å². The summed E-state index contributed by atoms with van der Waals surface area (Å²) in [7, 11) is 0. The SMILES string of the molecule is CC(C)(C)OC(=O)NC(C)(CO)C(=O)Nc1ccc(OCCc2ccc(-c3ccccc3)cc2)c(Cl)c1. The molecule has 3 rings (SSSR count). The van der Waals surface area contributed by atoms with Crippen molar-refractivity contribution in [2.24, 2.45) is 0 Å². The van der Waals surface area contributed by atoms with Gasteiger partial charge in [-0.05, 0) is 62.6 Å². The molecule has 0 spiro atoms. The average molecular weight is 525 g/mol. The third-order valence-electron chi connectivity index (χ3n) is 5.49. The highest BCUT2D eigenvalue weighted by Crippen LogP contribution is 2.28. The first kappa shape index (κ1) is 28.0. The number of nitrogens with one attached hydrogen (secondary N) is 2. The number of halogens is 1. The first-order valence-corrected chi connectivity index (χ1v) is 12.4. The van der Waals surface area contributed by atoms with Crippen molar-refractivity contribution >= 4 is 29.3 Å². The molecule has 2 amide bonds. The molecular formula is C29H33ClN2O5. The molecule has 37 heavy (non-hydrogen) atoms. The molecule has 0 aliphatic carbocycles. The van der Waals surface area contributed by atoms with Gasteiger partial charge in [-0.25, -0.2) is 4.79 Å². The van der Waals surface area contributed by atoms with E-state index in [1.807, 2.05) is 18.2 Å². The van der Waals surface area contributed by atoms with Gasteiger partial charge in [-0.1, -0.05) is 66.2 Å². The van der Waals surface area contributed by atoms with Crippen LogP contribution in [0, 0.1) is 0 Å². The van der Waals surface area contributed by atoms with Crippen molar-refractivity contribution < 1.29 is 24.2 Å². The first-order chi connectivity index (χ1) is 17.5. The van der Waals surface area contributed by atoms with E-state index in [4.69, 9.17) is 21.1 Å². The van der Waals surface area contributed by atoms with E-state index in [1.165, 1.54) is 12.5 Å². The maximum atomic E-state index is 12.8. The van der Waals surface area contributed by atoms with Crippen molar-refractivity contribution in [1.82, 2.24) is 5.32 Å². The largest absolute Gasteiger partial charge is 0.492 e. The molecule has 0 bridgehead atoms. The quantitative estimate of drug-likeness (QED) is 0.326. The molecule has 3 aromatic rings. The Morgan fingerprint density at radius 1 is 0.919 bits per heavy atom. The second-order valence-corrected chi connectivity index (χ2v) is 10.3. The molecule has 7 nitrogen and oxygen atoms in total. The van der Waals surface area contributed by atoms with E-state index in [0.29, 0.717) is 29.5 Å². The molecule has 3 aromatic carbocycles. The highest BCUT2D eigenvalue weighted by molar-refractivity contribution is 6.32. The van der Waals surface area contributed by atoms with Crippen molar-refractivity contribution in [3.8, 4) is 16.9 Å². The maximum absolute atomic E-state index is 12.8. The lowest BCUT2D eigenvalue weighted by molar-refractivity contribution is -0.123. The number of ether oxygens (including phenoxy) is 2. The monoisotopic (exact) mass is 524 g/mol. The van der Waals surface area contributed by atoms with E-state index >= 15 is 0 Å². The molecule has 3 N–H and O–H groups in total. The van der Waals surface area contributed by atoms with Crippen LogP contribution in [0.2, 0.25) is 5.02 Å². The fourth-order valence-electron chi connectivity index (χ4n) is 3.43. The Balaban J connectivity index is 1.54. The number of aliphatic hydroxyl groups is 1.